The predicted octanol–water partition coefficient (Wildman–Crippen LogP) is 8.38. The lowest BCUT2D eigenvalue weighted by Crippen LogP contribution is -2.36. The molecular weight excluding hydrogens is 467 g/mol. The van der Waals surface area contributed by atoms with E-state index in [9.17, 15) is 26.7 Å². The smallest absolute Gasteiger partial charge is 0.453 e. The molecule has 198 valence electrons. The first-order valence-electron chi connectivity index (χ1n) is 12.6. The van der Waals surface area contributed by atoms with Gasteiger partial charge in [0.05, 0.1) is 13.2 Å². The number of esters is 1. The van der Waals surface area contributed by atoms with Crippen LogP contribution in [0, 0.1) is 11.8 Å². The monoisotopic (exact) mass is 504 g/mol. The standard InChI is InChI=1S/C27H37F5O3/c1-2-3-4-5-19-34-25(33)17-14-22-12-15-24(16-13-22)35-20-23-10-8-21(9-11-23)7-6-18-26(28,29)27(30,31)32/h12-17,21,23H,2-11,18-20H2,1H3. The summed E-state index contributed by atoms with van der Waals surface area (Å²) >= 11 is 0. The summed E-state index contributed by atoms with van der Waals surface area (Å²) in [5, 5.41) is 0. The second-order valence-electron chi connectivity index (χ2n) is 9.42. The van der Waals surface area contributed by atoms with Crippen LogP contribution >= 0.6 is 0 Å². The molecule has 0 N–H and O–H groups in total. The second-order valence-corrected chi connectivity index (χ2v) is 9.42. The Bertz CT molecular complexity index is 766. The molecule has 3 nitrogen and oxygen atoms in total. The minimum absolute atomic E-state index is 0.115. The lowest BCUT2D eigenvalue weighted by Gasteiger charge is -2.29. The van der Waals surface area contributed by atoms with E-state index in [4.69, 9.17) is 9.47 Å². The maximum Gasteiger partial charge on any atom is 0.453 e. The normalized spacial score (nSPS) is 19.1. The topological polar surface area (TPSA) is 35.5 Å². The maximum atomic E-state index is 13.0. The van der Waals surface area contributed by atoms with Crippen LogP contribution in [0.5, 0.6) is 5.75 Å². The van der Waals surface area contributed by atoms with E-state index in [0.717, 1.165) is 62.7 Å². The van der Waals surface area contributed by atoms with Gasteiger partial charge in [-0.1, -0.05) is 57.6 Å². The average Bonchev–Trinajstić information content (AvgIpc) is 2.82. The number of ether oxygens (including phenoxy) is 2. The fourth-order valence-corrected chi connectivity index (χ4v) is 4.24. The van der Waals surface area contributed by atoms with Gasteiger partial charge in [0.25, 0.3) is 0 Å². The number of carbonyl (C=O) groups is 1. The number of halogens is 5. The van der Waals surface area contributed by atoms with Crippen molar-refractivity contribution in [1.29, 1.82) is 0 Å². The zero-order chi connectivity index (χ0) is 25.7. The van der Waals surface area contributed by atoms with Gasteiger partial charge in [0, 0.05) is 12.5 Å². The first-order chi connectivity index (χ1) is 16.6. The SMILES string of the molecule is CCCCCCOC(=O)C=Cc1ccc(OCC2CCC(CCCC(F)(F)C(F)(F)F)CC2)cc1. The molecular formula is C27H37F5O3. The van der Waals surface area contributed by atoms with Crippen molar-refractivity contribution in [2.45, 2.75) is 89.7 Å². The first kappa shape index (κ1) is 29.1. The summed E-state index contributed by atoms with van der Waals surface area (Å²) in [5.74, 6) is -3.69. The number of unbranched alkanes of at least 4 members (excludes halogenated alkanes) is 3. The van der Waals surface area contributed by atoms with Crippen molar-refractivity contribution in [3.8, 4) is 5.75 Å². The van der Waals surface area contributed by atoms with E-state index in [2.05, 4.69) is 6.92 Å². The molecule has 1 aliphatic carbocycles. The Labute approximate surface area is 205 Å². The molecule has 0 radical (unpaired) electrons. The quantitative estimate of drug-likeness (QED) is 0.110. The lowest BCUT2D eigenvalue weighted by molar-refractivity contribution is -0.284. The van der Waals surface area contributed by atoms with Crippen molar-refractivity contribution in [3.05, 3.63) is 35.9 Å². The van der Waals surface area contributed by atoms with Crippen molar-refractivity contribution < 1.29 is 36.2 Å². The molecule has 1 aromatic rings. The van der Waals surface area contributed by atoms with Gasteiger partial charge < -0.3 is 9.47 Å². The summed E-state index contributed by atoms with van der Waals surface area (Å²) in [6, 6.07) is 7.38. The highest BCUT2D eigenvalue weighted by molar-refractivity contribution is 5.87. The molecule has 1 aliphatic rings. The van der Waals surface area contributed by atoms with Gasteiger partial charge in [0.2, 0.25) is 0 Å². The molecule has 0 saturated heterocycles. The van der Waals surface area contributed by atoms with Crippen LogP contribution in [0.1, 0.15) is 83.1 Å². The van der Waals surface area contributed by atoms with Gasteiger partial charge >= 0.3 is 18.1 Å². The van der Waals surface area contributed by atoms with E-state index >= 15 is 0 Å². The van der Waals surface area contributed by atoms with Crippen LogP contribution in [0.25, 0.3) is 6.08 Å². The summed E-state index contributed by atoms with van der Waals surface area (Å²) in [6.07, 6.45) is 4.42. The van der Waals surface area contributed by atoms with E-state index in [-0.39, 0.29) is 18.3 Å². The fourth-order valence-electron chi connectivity index (χ4n) is 4.24. The Morgan fingerprint density at radius 1 is 0.943 bits per heavy atom. The number of carbonyl (C=O) groups excluding carboxylic acids is 1. The molecule has 1 saturated carbocycles. The number of hydrogen-bond donors (Lipinski definition) is 0. The maximum absolute atomic E-state index is 13.0. The predicted molar refractivity (Wildman–Crippen MR) is 126 cm³/mol. The van der Waals surface area contributed by atoms with Crippen molar-refractivity contribution in [1.82, 2.24) is 0 Å². The van der Waals surface area contributed by atoms with Crippen molar-refractivity contribution in [3.63, 3.8) is 0 Å². The molecule has 2 rings (SSSR count). The zero-order valence-electron chi connectivity index (χ0n) is 20.4. The second kappa shape index (κ2) is 14.4. The molecule has 1 aromatic carbocycles. The van der Waals surface area contributed by atoms with Gasteiger partial charge in [-0.3, -0.25) is 0 Å². The third-order valence-electron chi connectivity index (χ3n) is 6.50. The lowest BCUT2D eigenvalue weighted by atomic mass is 9.80. The summed E-state index contributed by atoms with van der Waals surface area (Å²) in [6.45, 7) is 3.10. The third kappa shape index (κ3) is 11.0. The molecule has 0 aromatic heterocycles. The van der Waals surface area contributed by atoms with Gasteiger partial charge in [-0.05, 0) is 61.3 Å². The van der Waals surface area contributed by atoms with E-state index in [0.29, 0.717) is 25.6 Å². The average molecular weight is 505 g/mol. The molecule has 0 atom stereocenters. The molecule has 1 fully saturated rings. The van der Waals surface area contributed by atoms with Crippen LogP contribution in [0.4, 0.5) is 22.0 Å². The number of alkyl halides is 5. The van der Waals surface area contributed by atoms with Crippen LogP contribution in [0.3, 0.4) is 0 Å². The number of benzene rings is 1. The summed E-state index contributed by atoms with van der Waals surface area (Å²) in [5.41, 5.74) is 0.858. The van der Waals surface area contributed by atoms with Crippen molar-refractivity contribution >= 4 is 12.0 Å². The van der Waals surface area contributed by atoms with Crippen LogP contribution in [0.15, 0.2) is 30.3 Å². The molecule has 35 heavy (non-hydrogen) atoms. The molecule has 0 amide bonds. The van der Waals surface area contributed by atoms with Crippen LogP contribution in [0.2, 0.25) is 0 Å². The van der Waals surface area contributed by atoms with Gasteiger partial charge in [0.15, 0.2) is 0 Å². The Morgan fingerprint density at radius 2 is 1.60 bits per heavy atom. The minimum atomic E-state index is -5.46. The van der Waals surface area contributed by atoms with Crippen molar-refractivity contribution in [2.75, 3.05) is 13.2 Å². The Hall–Kier alpha value is -2.12. The number of rotatable bonds is 14. The van der Waals surface area contributed by atoms with Crippen LogP contribution < -0.4 is 4.74 Å². The summed E-state index contributed by atoms with van der Waals surface area (Å²) in [7, 11) is 0. The molecule has 0 heterocycles. The molecule has 0 unspecified atom stereocenters. The van der Waals surface area contributed by atoms with Crippen LogP contribution in [-0.2, 0) is 9.53 Å². The van der Waals surface area contributed by atoms with Gasteiger partial charge in [-0.25, -0.2) is 4.79 Å². The van der Waals surface area contributed by atoms with Crippen molar-refractivity contribution in [2.24, 2.45) is 11.8 Å². The third-order valence-corrected chi connectivity index (χ3v) is 6.50. The Kier molecular flexibility index (Phi) is 12.0. The highest BCUT2D eigenvalue weighted by Gasteiger charge is 2.56. The highest BCUT2D eigenvalue weighted by atomic mass is 19.4. The van der Waals surface area contributed by atoms with Gasteiger partial charge in [-0.2, -0.15) is 22.0 Å². The zero-order valence-corrected chi connectivity index (χ0v) is 20.4. The molecule has 0 bridgehead atoms. The van der Waals surface area contributed by atoms with E-state index in [1.165, 1.54) is 6.08 Å². The fraction of sp³-hybridized carbons (Fsp3) is 0.667. The summed E-state index contributed by atoms with van der Waals surface area (Å²) in [4.78, 5) is 11.7. The Balaban J connectivity index is 1.62. The molecule has 0 aliphatic heterocycles. The van der Waals surface area contributed by atoms with Gasteiger partial charge in [0.1, 0.15) is 5.75 Å². The van der Waals surface area contributed by atoms with E-state index in [1.54, 1.807) is 6.08 Å². The van der Waals surface area contributed by atoms with E-state index in [1.807, 2.05) is 24.3 Å². The Morgan fingerprint density at radius 3 is 2.23 bits per heavy atom. The molecule has 0 spiro atoms. The summed E-state index contributed by atoms with van der Waals surface area (Å²) < 4.78 is 73.9. The van der Waals surface area contributed by atoms with E-state index < -0.39 is 18.5 Å². The number of hydrogen-bond acceptors (Lipinski definition) is 3. The van der Waals surface area contributed by atoms with Gasteiger partial charge in [-0.15, -0.1) is 0 Å². The van der Waals surface area contributed by atoms with Crippen LogP contribution in [-0.4, -0.2) is 31.3 Å². The first-order valence-corrected chi connectivity index (χ1v) is 12.6. The largest absolute Gasteiger partial charge is 0.493 e. The highest BCUT2D eigenvalue weighted by Crippen LogP contribution is 2.40. The molecule has 8 heteroatoms. The minimum Gasteiger partial charge on any atom is -0.493 e.